The van der Waals surface area contributed by atoms with Crippen molar-refractivity contribution in [1.29, 1.82) is 0 Å². The van der Waals surface area contributed by atoms with Gasteiger partial charge in [0.2, 0.25) is 11.8 Å². The number of aryl methyl sites for hydroxylation is 2. The lowest BCUT2D eigenvalue weighted by molar-refractivity contribution is -0.129. The molecule has 3 atom stereocenters. The van der Waals surface area contributed by atoms with Gasteiger partial charge in [-0.25, -0.2) is 4.98 Å². The zero-order valence-electron chi connectivity index (χ0n) is 20.8. The van der Waals surface area contributed by atoms with E-state index in [0.717, 1.165) is 30.6 Å². The van der Waals surface area contributed by atoms with E-state index in [1.165, 1.54) is 21.9 Å². The standard InChI is InChI=1S/C27H33N5O2.2ClH/c1-16-8-9-20(23-7-5-4-6-22(16)23)12-19-13-24(29-14-19)27(34)32-18(3)26(33)30-15-21-10-11-25(28)31-17(21)2;;/h4-11,18-19,24,29H,12-15H2,1-3H3,(H2,28,31)(H,30,33)(H,32,34);2*1H/t18-,19-,24+;;/m0../s1. The highest BCUT2D eigenvalue weighted by atomic mass is 35.5. The molecule has 0 radical (unpaired) electrons. The van der Waals surface area contributed by atoms with Crippen molar-refractivity contribution in [2.24, 2.45) is 5.92 Å². The summed E-state index contributed by atoms with van der Waals surface area (Å²) in [5.41, 5.74) is 9.94. The fourth-order valence-electron chi connectivity index (χ4n) is 4.68. The Morgan fingerprint density at radius 3 is 2.47 bits per heavy atom. The average molecular weight is 533 g/mol. The lowest BCUT2D eigenvalue weighted by Gasteiger charge is -2.18. The van der Waals surface area contributed by atoms with Gasteiger partial charge in [-0.1, -0.05) is 42.5 Å². The Bertz CT molecular complexity index is 1220. The number of anilines is 1. The van der Waals surface area contributed by atoms with Gasteiger partial charge in [0.1, 0.15) is 11.9 Å². The van der Waals surface area contributed by atoms with Crippen LogP contribution in [-0.4, -0.2) is 35.4 Å². The third kappa shape index (κ3) is 6.87. The number of rotatable bonds is 7. The molecule has 36 heavy (non-hydrogen) atoms. The van der Waals surface area contributed by atoms with Crippen molar-refractivity contribution in [2.75, 3.05) is 12.3 Å². The molecule has 1 aromatic heterocycles. The third-order valence-electron chi connectivity index (χ3n) is 6.70. The van der Waals surface area contributed by atoms with E-state index in [-0.39, 0.29) is 42.7 Å². The fourth-order valence-corrected chi connectivity index (χ4v) is 4.68. The number of pyridine rings is 1. The molecule has 0 spiro atoms. The van der Waals surface area contributed by atoms with Crippen molar-refractivity contribution in [1.82, 2.24) is 20.9 Å². The number of fused-ring (bicyclic) bond motifs is 1. The van der Waals surface area contributed by atoms with Crippen LogP contribution in [0.1, 0.15) is 35.7 Å². The maximum Gasteiger partial charge on any atom is 0.242 e. The molecule has 2 aromatic carbocycles. The summed E-state index contributed by atoms with van der Waals surface area (Å²) in [4.78, 5) is 29.5. The fraction of sp³-hybridized carbons (Fsp3) is 0.370. The summed E-state index contributed by atoms with van der Waals surface area (Å²) in [7, 11) is 0. The van der Waals surface area contributed by atoms with Crippen molar-refractivity contribution in [3.63, 3.8) is 0 Å². The number of amides is 2. The number of hydrogen-bond acceptors (Lipinski definition) is 5. The van der Waals surface area contributed by atoms with E-state index in [2.05, 4.69) is 64.3 Å². The molecule has 5 N–H and O–H groups in total. The number of aromatic nitrogens is 1. The molecule has 9 heteroatoms. The number of nitrogen functional groups attached to an aromatic ring is 1. The van der Waals surface area contributed by atoms with Crippen LogP contribution in [0.25, 0.3) is 10.8 Å². The van der Waals surface area contributed by atoms with Crippen molar-refractivity contribution >= 4 is 53.2 Å². The molecule has 3 aromatic rings. The Hall–Kier alpha value is -2.87. The second kappa shape index (κ2) is 12.9. The van der Waals surface area contributed by atoms with E-state index < -0.39 is 6.04 Å². The SMILES string of the molecule is Cc1nc(N)ccc1CNC(=O)[C@H](C)NC(=O)[C@H]1C[C@H](Cc2ccc(C)c3ccccc23)CN1.Cl.Cl. The van der Waals surface area contributed by atoms with E-state index >= 15 is 0 Å². The molecule has 7 nitrogen and oxygen atoms in total. The maximum atomic E-state index is 12.8. The summed E-state index contributed by atoms with van der Waals surface area (Å²) in [5, 5.41) is 11.6. The minimum absolute atomic E-state index is 0. The highest BCUT2D eigenvalue weighted by Crippen LogP contribution is 2.27. The zero-order chi connectivity index (χ0) is 24.2. The molecule has 1 saturated heterocycles. The number of benzene rings is 2. The van der Waals surface area contributed by atoms with Gasteiger partial charge in [0.05, 0.1) is 6.04 Å². The van der Waals surface area contributed by atoms with E-state index in [0.29, 0.717) is 18.3 Å². The highest BCUT2D eigenvalue weighted by Gasteiger charge is 2.31. The minimum atomic E-state index is -0.628. The van der Waals surface area contributed by atoms with Crippen LogP contribution in [0.4, 0.5) is 5.82 Å². The van der Waals surface area contributed by atoms with Crippen molar-refractivity contribution in [3.8, 4) is 0 Å². The summed E-state index contributed by atoms with van der Waals surface area (Å²) in [5.74, 6) is 0.452. The van der Waals surface area contributed by atoms with E-state index in [4.69, 9.17) is 5.73 Å². The molecular weight excluding hydrogens is 497 g/mol. The van der Waals surface area contributed by atoms with Crippen molar-refractivity contribution in [2.45, 2.75) is 52.2 Å². The molecular formula is C27H35Cl2N5O2. The van der Waals surface area contributed by atoms with Gasteiger partial charge >= 0.3 is 0 Å². The van der Waals surface area contributed by atoms with E-state index in [9.17, 15) is 9.59 Å². The first-order valence-corrected chi connectivity index (χ1v) is 11.8. The van der Waals surface area contributed by atoms with Crippen LogP contribution >= 0.6 is 24.8 Å². The topological polar surface area (TPSA) is 109 Å². The molecule has 0 unspecified atom stereocenters. The molecule has 0 bridgehead atoms. The molecule has 1 fully saturated rings. The first-order valence-electron chi connectivity index (χ1n) is 11.8. The molecule has 4 rings (SSSR count). The van der Waals surface area contributed by atoms with Gasteiger partial charge in [0.15, 0.2) is 0 Å². The van der Waals surface area contributed by atoms with Crippen LogP contribution in [0, 0.1) is 19.8 Å². The Kier molecular flexibility index (Phi) is 10.5. The maximum absolute atomic E-state index is 12.8. The van der Waals surface area contributed by atoms with Crippen LogP contribution in [-0.2, 0) is 22.6 Å². The van der Waals surface area contributed by atoms with Gasteiger partial charge in [-0.05, 0) is 79.6 Å². The van der Waals surface area contributed by atoms with Gasteiger partial charge < -0.3 is 21.7 Å². The van der Waals surface area contributed by atoms with Crippen LogP contribution in [0.5, 0.6) is 0 Å². The normalized spacial score (nSPS) is 17.5. The molecule has 1 aliphatic heterocycles. The molecule has 0 aliphatic carbocycles. The Balaban J connectivity index is 0.00000228. The van der Waals surface area contributed by atoms with Gasteiger partial charge in [0, 0.05) is 12.2 Å². The molecule has 1 aliphatic rings. The van der Waals surface area contributed by atoms with E-state index in [1.807, 2.05) is 13.0 Å². The van der Waals surface area contributed by atoms with Crippen molar-refractivity contribution in [3.05, 3.63) is 70.9 Å². The highest BCUT2D eigenvalue weighted by molar-refractivity contribution is 5.90. The monoisotopic (exact) mass is 531 g/mol. The largest absolute Gasteiger partial charge is 0.384 e. The van der Waals surface area contributed by atoms with Crippen LogP contribution in [0.15, 0.2) is 48.5 Å². The molecule has 0 saturated carbocycles. The Morgan fingerprint density at radius 1 is 1.06 bits per heavy atom. The van der Waals surface area contributed by atoms with Crippen LogP contribution in [0.3, 0.4) is 0 Å². The predicted molar refractivity (Wildman–Crippen MR) is 150 cm³/mol. The third-order valence-corrected chi connectivity index (χ3v) is 6.70. The minimum Gasteiger partial charge on any atom is -0.384 e. The second-order valence-corrected chi connectivity index (χ2v) is 9.28. The Morgan fingerprint density at radius 2 is 1.75 bits per heavy atom. The first-order chi connectivity index (χ1) is 16.3. The second-order valence-electron chi connectivity index (χ2n) is 9.28. The number of carbonyl (C=O) groups excluding carboxylic acids is 2. The number of nitrogens with one attached hydrogen (secondary N) is 3. The summed E-state index contributed by atoms with van der Waals surface area (Å²) in [6.07, 6.45) is 1.67. The number of nitrogens with zero attached hydrogens (tertiary/aromatic N) is 1. The first kappa shape index (κ1) is 29.4. The van der Waals surface area contributed by atoms with Gasteiger partial charge in [-0.3, -0.25) is 9.59 Å². The molecule has 2 amide bonds. The van der Waals surface area contributed by atoms with Crippen molar-refractivity contribution < 1.29 is 9.59 Å². The average Bonchev–Trinajstić information content (AvgIpc) is 3.29. The Labute approximate surface area is 224 Å². The molecule has 194 valence electrons. The quantitative estimate of drug-likeness (QED) is 0.372. The van der Waals surface area contributed by atoms with Gasteiger partial charge in [-0.15, -0.1) is 24.8 Å². The summed E-state index contributed by atoms with van der Waals surface area (Å²) < 4.78 is 0. The molecule has 2 heterocycles. The zero-order valence-corrected chi connectivity index (χ0v) is 22.5. The summed E-state index contributed by atoms with van der Waals surface area (Å²) >= 11 is 0. The lowest BCUT2D eigenvalue weighted by Crippen LogP contribution is -2.50. The van der Waals surface area contributed by atoms with Gasteiger partial charge in [0.25, 0.3) is 0 Å². The number of hydrogen-bond donors (Lipinski definition) is 4. The number of nitrogens with two attached hydrogens (primary N) is 1. The smallest absolute Gasteiger partial charge is 0.242 e. The number of carbonyl (C=O) groups is 2. The van der Waals surface area contributed by atoms with E-state index in [1.54, 1.807) is 13.0 Å². The van der Waals surface area contributed by atoms with Crippen LogP contribution < -0.4 is 21.7 Å². The summed E-state index contributed by atoms with van der Waals surface area (Å²) in [6.45, 7) is 6.81. The predicted octanol–water partition coefficient (Wildman–Crippen LogP) is 3.62. The lowest BCUT2D eigenvalue weighted by atomic mass is 9.91. The number of halogens is 2. The van der Waals surface area contributed by atoms with Crippen LogP contribution in [0.2, 0.25) is 0 Å². The summed E-state index contributed by atoms with van der Waals surface area (Å²) in [6, 6.07) is 15.5. The van der Waals surface area contributed by atoms with Gasteiger partial charge in [-0.2, -0.15) is 0 Å².